The minimum absolute atomic E-state index is 0.352. The molecule has 6 unspecified atom stereocenters. The fourth-order valence-corrected chi connectivity index (χ4v) is 4.12. The molecule has 1 aromatic rings. The fraction of sp³-hybridized carbons (Fsp3) is 0.625. The highest BCUT2D eigenvalue weighted by atomic mass is 16.5. The van der Waals surface area contributed by atoms with E-state index in [-0.39, 0.29) is 0 Å². The van der Waals surface area contributed by atoms with E-state index in [9.17, 15) is 0 Å². The molecule has 1 saturated carbocycles. The summed E-state index contributed by atoms with van der Waals surface area (Å²) in [6, 6.07) is 11.2. The average Bonchev–Trinajstić information content (AvgIpc) is 2.94. The Labute approximate surface area is 109 Å². The van der Waals surface area contributed by atoms with Gasteiger partial charge >= 0.3 is 0 Å². The summed E-state index contributed by atoms with van der Waals surface area (Å²) in [5, 5.41) is 0. The normalized spacial score (nSPS) is 43.1. The van der Waals surface area contributed by atoms with E-state index in [0.717, 1.165) is 0 Å². The smallest absolute Gasteiger partial charge is 0.0623 e. The van der Waals surface area contributed by atoms with E-state index in [1.165, 1.54) is 31.2 Å². The molecule has 2 bridgehead atoms. The van der Waals surface area contributed by atoms with E-state index in [1.54, 1.807) is 0 Å². The van der Waals surface area contributed by atoms with E-state index >= 15 is 0 Å². The summed E-state index contributed by atoms with van der Waals surface area (Å²) in [6.07, 6.45) is 6.00. The average molecular weight is 243 g/mol. The van der Waals surface area contributed by atoms with Gasteiger partial charge in [0.15, 0.2) is 0 Å². The zero-order valence-electron chi connectivity index (χ0n) is 10.7. The number of fused-ring (bicyclic) bond motifs is 2. The van der Waals surface area contributed by atoms with Crippen LogP contribution < -0.4 is 5.73 Å². The first kappa shape index (κ1) is 11.0. The molecule has 0 spiro atoms. The topological polar surface area (TPSA) is 35.2 Å². The number of nitrogens with two attached hydrogens (primary N) is 1. The van der Waals surface area contributed by atoms with Crippen molar-refractivity contribution in [3.63, 3.8) is 0 Å². The second kappa shape index (κ2) is 4.07. The fourth-order valence-electron chi connectivity index (χ4n) is 4.12. The Morgan fingerprint density at radius 2 is 1.89 bits per heavy atom. The van der Waals surface area contributed by atoms with Crippen LogP contribution >= 0.6 is 0 Å². The highest BCUT2D eigenvalue weighted by Gasteiger charge is 2.51. The number of benzene rings is 1. The number of rotatable bonds is 3. The van der Waals surface area contributed by atoms with E-state index < -0.39 is 0 Å². The molecule has 2 N–H and O–H groups in total. The van der Waals surface area contributed by atoms with Gasteiger partial charge in [-0.2, -0.15) is 0 Å². The van der Waals surface area contributed by atoms with Crippen LogP contribution in [0.1, 0.15) is 37.2 Å². The van der Waals surface area contributed by atoms with Gasteiger partial charge in [-0.15, -0.1) is 0 Å². The summed E-state index contributed by atoms with van der Waals surface area (Å²) in [5.74, 6) is 2.03. The summed E-state index contributed by atoms with van der Waals surface area (Å²) in [6.45, 7) is 0. The lowest BCUT2D eigenvalue weighted by Gasteiger charge is -2.25. The first-order valence-corrected chi connectivity index (χ1v) is 7.29. The van der Waals surface area contributed by atoms with Crippen LogP contribution in [0, 0.1) is 11.8 Å². The number of hydrogen-bond donors (Lipinski definition) is 1. The molecule has 1 aliphatic carbocycles. The highest BCUT2D eigenvalue weighted by Crippen LogP contribution is 2.53. The van der Waals surface area contributed by atoms with Crippen molar-refractivity contribution in [1.82, 2.24) is 0 Å². The Morgan fingerprint density at radius 3 is 2.56 bits per heavy atom. The largest absolute Gasteiger partial charge is 0.375 e. The first-order chi connectivity index (χ1) is 8.83. The van der Waals surface area contributed by atoms with Crippen LogP contribution in [0.5, 0.6) is 0 Å². The van der Waals surface area contributed by atoms with Crippen molar-refractivity contribution in [2.24, 2.45) is 17.6 Å². The molecule has 0 amide bonds. The maximum atomic E-state index is 6.52. The number of hydrogen-bond acceptors (Lipinski definition) is 2. The van der Waals surface area contributed by atoms with Gasteiger partial charge in [0.25, 0.3) is 0 Å². The zero-order valence-corrected chi connectivity index (χ0v) is 10.7. The lowest BCUT2D eigenvalue weighted by atomic mass is 9.81. The van der Waals surface area contributed by atoms with Crippen LogP contribution in [0.25, 0.3) is 0 Å². The predicted molar refractivity (Wildman–Crippen MR) is 71.3 cm³/mol. The Kier molecular flexibility index (Phi) is 2.49. The van der Waals surface area contributed by atoms with Gasteiger partial charge in [0.1, 0.15) is 0 Å². The van der Waals surface area contributed by atoms with E-state index in [2.05, 4.69) is 30.3 Å². The van der Waals surface area contributed by atoms with E-state index in [1.807, 2.05) is 0 Å². The van der Waals surface area contributed by atoms with Crippen LogP contribution in [0.3, 0.4) is 0 Å². The van der Waals surface area contributed by atoms with Gasteiger partial charge in [-0.3, -0.25) is 0 Å². The summed E-state index contributed by atoms with van der Waals surface area (Å²) in [5.41, 5.74) is 7.99. The van der Waals surface area contributed by atoms with Gasteiger partial charge in [0.2, 0.25) is 0 Å². The van der Waals surface area contributed by atoms with E-state index in [0.29, 0.717) is 36.0 Å². The standard InChI is InChI=1S/C16H21NO/c17-16(14-8-11-6-7-15(14)18-11)13-9-12(13)10-4-2-1-3-5-10/h1-5,11-16H,6-9,17H2. The second-order valence-electron chi connectivity index (χ2n) is 6.27. The molecule has 0 aromatic heterocycles. The third kappa shape index (κ3) is 1.70. The van der Waals surface area contributed by atoms with Gasteiger partial charge < -0.3 is 10.5 Å². The molecule has 2 saturated heterocycles. The third-order valence-electron chi connectivity index (χ3n) is 5.21. The van der Waals surface area contributed by atoms with Crippen molar-refractivity contribution >= 4 is 0 Å². The molecule has 18 heavy (non-hydrogen) atoms. The van der Waals surface area contributed by atoms with Crippen LogP contribution in [0.15, 0.2) is 30.3 Å². The number of ether oxygens (including phenoxy) is 1. The maximum absolute atomic E-state index is 6.52. The summed E-state index contributed by atoms with van der Waals surface area (Å²) < 4.78 is 5.94. The van der Waals surface area contributed by atoms with Gasteiger partial charge in [-0.25, -0.2) is 0 Å². The summed E-state index contributed by atoms with van der Waals surface area (Å²) >= 11 is 0. The zero-order chi connectivity index (χ0) is 12.1. The Bertz CT molecular complexity index is 432. The molecular weight excluding hydrogens is 222 g/mol. The Balaban J connectivity index is 1.44. The molecule has 6 atom stereocenters. The molecule has 2 aliphatic heterocycles. The monoisotopic (exact) mass is 243 g/mol. The summed E-state index contributed by atoms with van der Waals surface area (Å²) in [4.78, 5) is 0. The molecule has 2 heterocycles. The third-order valence-corrected chi connectivity index (χ3v) is 5.21. The molecule has 3 aliphatic rings. The summed E-state index contributed by atoms with van der Waals surface area (Å²) in [7, 11) is 0. The maximum Gasteiger partial charge on any atom is 0.0623 e. The van der Waals surface area contributed by atoms with E-state index in [4.69, 9.17) is 10.5 Å². The first-order valence-electron chi connectivity index (χ1n) is 7.29. The van der Waals surface area contributed by atoms with Crippen molar-refractivity contribution in [1.29, 1.82) is 0 Å². The molecule has 1 aromatic carbocycles. The quantitative estimate of drug-likeness (QED) is 0.886. The molecule has 2 nitrogen and oxygen atoms in total. The van der Waals surface area contributed by atoms with Crippen molar-refractivity contribution in [2.45, 2.75) is 49.9 Å². The lowest BCUT2D eigenvalue weighted by molar-refractivity contribution is 0.0869. The SMILES string of the molecule is NC(C1CC2CCC1O2)C1CC1c1ccccc1. The van der Waals surface area contributed by atoms with Crippen LogP contribution in [0.2, 0.25) is 0 Å². The van der Waals surface area contributed by atoms with Crippen LogP contribution in [-0.4, -0.2) is 18.2 Å². The van der Waals surface area contributed by atoms with Gasteiger partial charge in [0, 0.05) is 12.0 Å². The van der Waals surface area contributed by atoms with Crippen molar-refractivity contribution < 1.29 is 4.74 Å². The van der Waals surface area contributed by atoms with Crippen LogP contribution in [0.4, 0.5) is 0 Å². The highest BCUT2D eigenvalue weighted by molar-refractivity contribution is 5.27. The lowest BCUT2D eigenvalue weighted by Crippen LogP contribution is -2.38. The minimum Gasteiger partial charge on any atom is -0.375 e. The molecule has 3 fully saturated rings. The predicted octanol–water partition coefficient (Wildman–Crippen LogP) is 2.68. The van der Waals surface area contributed by atoms with Gasteiger partial charge in [-0.1, -0.05) is 30.3 Å². The van der Waals surface area contributed by atoms with Crippen molar-refractivity contribution in [3.8, 4) is 0 Å². The van der Waals surface area contributed by atoms with Gasteiger partial charge in [-0.05, 0) is 43.1 Å². The van der Waals surface area contributed by atoms with Gasteiger partial charge in [0.05, 0.1) is 12.2 Å². The van der Waals surface area contributed by atoms with Crippen LogP contribution in [-0.2, 0) is 4.74 Å². The molecule has 2 heteroatoms. The minimum atomic E-state index is 0.352. The van der Waals surface area contributed by atoms with Crippen molar-refractivity contribution in [2.75, 3.05) is 0 Å². The van der Waals surface area contributed by atoms with Crippen molar-refractivity contribution in [3.05, 3.63) is 35.9 Å². The molecular formula is C16H21NO. The Morgan fingerprint density at radius 1 is 1.06 bits per heavy atom. The Hall–Kier alpha value is -0.860. The molecule has 96 valence electrons. The second-order valence-corrected chi connectivity index (χ2v) is 6.27. The molecule has 4 rings (SSSR count). The molecule has 0 radical (unpaired) electrons.